The molecule has 0 saturated carbocycles. The standard InChI is InChI=1S/C13H20N2O3/c1-13(2,7-8-14)15-12(17)9-5-4-6-10(18-3)11(9)16/h4-6,16H,7-8,14H2,1-3H3,(H,15,17). The van der Waals surface area contributed by atoms with Gasteiger partial charge in [0.2, 0.25) is 0 Å². The van der Waals surface area contributed by atoms with E-state index < -0.39 is 5.54 Å². The first-order valence-corrected chi connectivity index (χ1v) is 5.80. The van der Waals surface area contributed by atoms with Gasteiger partial charge in [-0.05, 0) is 38.9 Å². The molecule has 0 aliphatic heterocycles. The van der Waals surface area contributed by atoms with Crippen molar-refractivity contribution < 1.29 is 14.6 Å². The van der Waals surface area contributed by atoms with E-state index >= 15 is 0 Å². The molecule has 1 rings (SSSR count). The minimum atomic E-state index is -0.415. The Morgan fingerprint density at radius 3 is 2.72 bits per heavy atom. The molecule has 0 heterocycles. The van der Waals surface area contributed by atoms with Crippen molar-refractivity contribution >= 4 is 5.91 Å². The summed E-state index contributed by atoms with van der Waals surface area (Å²) in [7, 11) is 1.44. The molecule has 18 heavy (non-hydrogen) atoms. The Hall–Kier alpha value is -1.75. The molecule has 5 nitrogen and oxygen atoms in total. The highest BCUT2D eigenvalue weighted by Crippen LogP contribution is 2.29. The zero-order chi connectivity index (χ0) is 13.8. The van der Waals surface area contributed by atoms with Crippen molar-refractivity contribution in [2.75, 3.05) is 13.7 Å². The number of amides is 1. The van der Waals surface area contributed by atoms with Crippen LogP contribution in [0.4, 0.5) is 0 Å². The lowest BCUT2D eigenvalue weighted by Gasteiger charge is -2.25. The summed E-state index contributed by atoms with van der Waals surface area (Å²) in [5.74, 6) is -0.217. The molecule has 1 aromatic rings. The van der Waals surface area contributed by atoms with E-state index in [1.165, 1.54) is 7.11 Å². The molecule has 100 valence electrons. The molecule has 0 unspecified atom stereocenters. The Bertz CT molecular complexity index is 430. The van der Waals surface area contributed by atoms with Crippen molar-refractivity contribution in [1.29, 1.82) is 0 Å². The van der Waals surface area contributed by atoms with Gasteiger partial charge in [-0.2, -0.15) is 0 Å². The maximum Gasteiger partial charge on any atom is 0.255 e. The summed E-state index contributed by atoms with van der Waals surface area (Å²) in [6.45, 7) is 4.25. The molecule has 0 saturated heterocycles. The van der Waals surface area contributed by atoms with E-state index in [-0.39, 0.29) is 23.0 Å². The van der Waals surface area contributed by atoms with Crippen LogP contribution in [0.15, 0.2) is 18.2 Å². The van der Waals surface area contributed by atoms with Crippen molar-refractivity contribution in [3.05, 3.63) is 23.8 Å². The van der Waals surface area contributed by atoms with Crippen LogP contribution < -0.4 is 15.8 Å². The second-order valence-corrected chi connectivity index (χ2v) is 4.73. The number of nitrogens with one attached hydrogen (secondary N) is 1. The van der Waals surface area contributed by atoms with E-state index in [2.05, 4.69) is 5.32 Å². The molecule has 0 aliphatic rings. The minimum Gasteiger partial charge on any atom is -0.504 e. The molecular formula is C13H20N2O3. The van der Waals surface area contributed by atoms with Gasteiger partial charge in [0.15, 0.2) is 11.5 Å². The van der Waals surface area contributed by atoms with Gasteiger partial charge in [-0.25, -0.2) is 0 Å². The summed E-state index contributed by atoms with van der Waals surface area (Å²) in [5, 5.41) is 12.7. The molecule has 4 N–H and O–H groups in total. The molecule has 0 bridgehead atoms. The SMILES string of the molecule is COc1cccc(C(=O)NC(C)(C)CCN)c1O. The van der Waals surface area contributed by atoms with Gasteiger partial charge in [0.25, 0.3) is 5.91 Å². The zero-order valence-electron chi connectivity index (χ0n) is 11.0. The number of carbonyl (C=O) groups excluding carboxylic acids is 1. The Balaban J connectivity index is 2.91. The largest absolute Gasteiger partial charge is 0.504 e. The van der Waals surface area contributed by atoms with Crippen LogP contribution in [0.5, 0.6) is 11.5 Å². The Kier molecular flexibility index (Phi) is 4.55. The van der Waals surface area contributed by atoms with Crippen LogP contribution in [0.3, 0.4) is 0 Å². The summed E-state index contributed by atoms with van der Waals surface area (Å²) in [6, 6.07) is 4.80. The van der Waals surface area contributed by atoms with Crippen molar-refractivity contribution in [2.45, 2.75) is 25.8 Å². The molecule has 0 aliphatic carbocycles. The van der Waals surface area contributed by atoms with Gasteiger partial charge in [-0.15, -0.1) is 0 Å². The number of aromatic hydroxyl groups is 1. The molecule has 1 amide bonds. The topological polar surface area (TPSA) is 84.6 Å². The predicted molar refractivity (Wildman–Crippen MR) is 69.9 cm³/mol. The van der Waals surface area contributed by atoms with E-state index in [9.17, 15) is 9.90 Å². The number of ether oxygens (including phenoxy) is 1. The molecule has 0 atom stereocenters. The molecule has 1 aromatic carbocycles. The number of hydrogen-bond donors (Lipinski definition) is 3. The molecule has 0 fully saturated rings. The smallest absolute Gasteiger partial charge is 0.255 e. The molecule has 0 radical (unpaired) electrons. The van der Waals surface area contributed by atoms with E-state index in [0.29, 0.717) is 13.0 Å². The van der Waals surface area contributed by atoms with E-state index in [4.69, 9.17) is 10.5 Å². The van der Waals surface area contributed by atoms with Gasteiger partial charge in [-0.1, -0.05) is 6.07 Å². The number of phenolic OH excluding ortho intramolecular Hbond substituents is 1. The fraction of sp³-hybridized carbons (Fsp3) is 0.462. The minimum absolute atomic E-state index is 0.152. The number of phenols is 1. The monoisotopic (exact) mass is 252 g/mol. The highest BCUT2D eigenvalue weighted by Gasteiger charge is 2.22. The van der Waals surface area contributed by atoms with E-state index in [0.717, 1.165) is 0 Å². The van der Waals surface area contributed by atoms with Gasteiger partial charge in [-0.3, -0.25) is 4.79 Å². The number of nitrogens with two attached hydrogens (primary N) is 1. The Labute approximate surface area is 107 Å². The van der Waals surface area contributed by atoms with Crippen LogP contribution in [-0.2, 0) is 0 Å². The Morgan fingerprint density at radius 1 is 1.50 bits per heavy atom. The van der Waals surface area contributed by atoms with Gasteiger partial charge in [0.1, 0.15) is 0 Å². The van der Waals surface area contributed by atoms with Gasteiger partial charge in [0, 0.05) is 5.54 Å². The van der Waals surface area contributed by atoms with Crippen molar-refractivity contribution in [3.8, 4) is 11.5 Å². The first kappa shape index (κ1) is 14.3. The second-order valence-electron chi connectivity index (χ2n) is 4.73. The molecule has 0 spiro atoms. The molecule has 5 heteroatoms. The third-order valence-electron chi connectivity index (χ3n) is 2.68. The first-order valence-electron chi connectivity index (χ1n) is 5.80. The maximum absolute atomic E-state index is 12.1. The second kappa shape index (κ2) is 5.73. The van der Waals surface area contributed by atoms with Crippen molar-refractivity contribution in [3.63, 3.8) is 0 Å². The van der Waals surface area contributed by atoms with Crippen LogP contribution in [0.2, 0.25) is 0 Å². The number of benzene rings is 1. The van der Waals surface area contributed by atoms with Crippen LogP contribution in [-0.4, -0.2) is 30.2 Å². The van der Waals surface area contributed by atoms with Crippen molar-refractivity contribution in [1.82, 2.24) is 5.32 Å². The number of para-hydroxylation sites is 1. The summed E-state index contributed by atoms with van der Waals surface area (Å²) in [6.07, 6.45) is 0.656. The summed E-state index contributed by atoms with van der Waals surface area (Å²) in [4.78, 5) is 12.1. The third-order valence-corrected chi connectivity index (χ3v) is 2.68. The van der Waals surface area contributed by atoms with Crippen molar-refractivity contribution in [2.24, 2.45) is 5.73 Å². The lowest BCUT2D eigenvalue weighted by atomic mass is 10.00. The summed E-state index contributed by atoms with van der Waals surface area (Å²) in [5.41, 5.74) is 5.26. The maximum atomic E-state index is 12.1. The predicted octanol–water partition coefficient (Wildman–Crippen LogP) is 1.26. The van der Waals surface area contributed by atoms with Crippen LogP contribution in [0.1, 0.15) is 30.6 Å². The molecule has 0 aromatic heterocycles. The number of rotatable bonds is 5. The van der Waals surface area contributed by atoms with Crippen LogP contribution >= 0.6 is 0 Å². The summed E-state index contributed by atoms with van der Waals surface area (Å²) < 4.78 is 4.96. The van der Waals surface area contributed by atoms with Gasteiger partial charge < -0.3 is 20.9 Å². The average Bonchev–Trinajstić information content (AvgIpc) is 2.28. The van der Waals surface area contributed by atoms with E-state index in [1.54, 1.807) is 18.2 Å². The normalized spacial score (nSPS) is 11.1. The number of methoxy groups -OCH3 is 1. The highest BCUT2D eigenvalue weighted by molar-refractivity contribution is 5.98. The number of carbonyl (C=O) groups is 1. The number of hydrogen-bond acceptors (Lipinski definition) is 4. The first-order chi connectivity index (χ1) is 8.41. The highest BCUT2D eigenvalue weighted by atomic mass is 16.5. The van der Waals surface area contributed by atoms with Gasteiger partial charge in [0.05, 0.1) is 12.7 Å². The summed E-state index contributed by atoms with van der Waals surface area (Å²) >= 11 is 0. The lowest BCUT2D eigenvalue weighted by molar-refractivity contribution is 0.0907. The average molecular weight is 252 g/mol. The van der Waals surface area contributed by atoms with Crippen LogP contribution in [0, 0.1) is 0 Å². The van der Waals surface area contributed by atoms with E-state index in [1.807, 2.05) is 13.8 Å². The lowest BCUT2D eigenvalue weighted by Crippen LogP contribution is -2.44. The molecular weight excluding hydrogens is 232 g/mol. The Morgan fingerprint density at radius 2 is 2.17 bits per heavy atom. The quantitative estimate of drug-likeness (QED) is 0.736. The van der Waals surface area contributed by atoms with Crippen LogP contribution in [0.25, 0.3) is 0 Å². The fourth-order valence-corrected chi connectivity index (χ4v) is 1.67. The van der Waals surface area contributed by atoms with Gasteiger partial charge >= 0.3 is 0 Å². The zero-order valence-corrected chi connectivity index (χ0v) is 11.0. The fourth-order valence-electron chi connectivity index (χ4n) is 1.67. The third kappa shape index (κ3) is 3.37.